The van der Waals surface area contributed by atoms with Crippen molar-refractivity contribution in [2.45, 2.75) is 59.4 Å². The molecule has 88 valence electrons. The van der Waals surface area contributed by atoms with Crippen LogP contribution >= 0.6 is 0 Å². The predicted molar refractivity (Wildman–Crippen MR) is 66.3 cm³/mol. The van der Waals surface area contributed by atoms with Crippen LogP contribution in [-0.4, -0.2) is 6.04 Å². The molecule has 0 aromatic carbocycles. The van der Waals surface area contributed by atoms with Crippen LogP contribution < -0.4 is 11.3 Å². The summed E-state index contributed by atoms with van der Waals surface area (Å²) in [6, 6.07) is 0.338. The van der Waals surface area contributed by atoms with Gasteiger partial charge in [0.2, 0.25) is 0 Å². The lowest BCUT2D eigenvalue weighted by Crippen LogP contribution is -2.46. The lowest BCUT2D eigenvalue weighted by molar-refractivity contribution is 0.114. The highest BCUT2D eigenvalue weighted by Gasteiger charge is 2.36. The molecule has 1 saturated carbocycles. The largest absolute Gasteiger partial charge is 0.271 e. The average molecular weight is 210 g/mol. The molecule has 0 aliphatic heterocycles. The van der Waals surface area contributed by atoms with Gasteiger partial charge < -0.3 is 0 Å². The summed E-state index contributed by atoms with van der Waals surface area (Å²) < 4.78 is 0. The molecule has 0 spiro atoms. The van der Waals surface area contributed by atoms with E-state index in [1.165, 1.54) is 31.3 Å². The lowest BCUT2D eigenvalue weighted by atomic mass is 9.66. The Labute approximate surface area is 94.3 Å². The van der Waals surface area contributed by atoms with E-state index in [0.29, 0.717) is 17.4 Å². The van der Waals surface area contributed by atoms with Gasteiger partial charge in [0.1, 0.15) is 0 Å². The molecule has 0 heterocycles. The first-order valence-electron chi connectivity index (χ1n) is 6.08. The molecule has 0 saturated heterocycles. The maximum Gasteiger partial charge on any atom is 0.0426 e. The van der Waals surface area contributed by atoms with Gasteiger partial charge in [0.15, 0.2) is 0 Å². The molecule has 1 rings (SSSR count). The van der Waals surface area contributed by atoms with Crippen molar-refractivity contribution in [2.75, 3.05) is 0 Å². The third-order valence-electron chi connectivity index (χ3n) is 3.73. The Morgan fingerprint density at radius 2 is 2.07 bits per heavy atom. The summed E-state index contributed by atoms with van der Waals surface area (Å²) in [4.78, 5) is 0. The Bertz CT molecular complexity index is 227. The van der Waals surface area contributed by atoms with Gasteiger partial charge in [-0.1, -0.05) is 38.3 Å². The Hall–Kier alpha value is -0.340. The van der Waals surface area contributed by atoms with Gasteiger partial charge in [-0.3, -0.25) is 11.3 Å². The van der Waals surface area contributed by atoms with Gasteiger partial charge in [-0.05, 0) is 38.0 Å². The van der Waals surface area contributed by atoms with Gasteiger partial charge in [0, 0.05) is 6.04 Å². The molecular weight excluding hydrogens is 184 g/mol. The molecule has 0 amide bonds. The first-order chi connectivity index (χ1) is 6.97. The fourth-order valence-electron chi connectivity index (χ4n) is 2.83. The van der Waals surface area contributed by atoms with Crippen molar-refractivity contribution in [1.29, 1.82) is 0 Å². The van der Waals surface area contributed by atoms with Crippen molar-refractivity contribution >= 4 is 0 Å². The van der Waals surface area contributed by atoms with Crippen molar-refractivity contribution in [3.63, 3.8) is 0 Å². The predicted octanol–water partition coefficient (Wildman–Crippen LogP) is 3.00. The Morgan fingerprint density at radius 1 is 1.40 bits per heavy atom. The van der Waals surface area contributed by atoms with Crippen LogP contribution in [-0.2, 0) is 0 Å². The smallest absolute Gasteiger partial charge is 0.0426 e. The highest BCUT2D eigenvalue weighted by molar-refractivity contribution is 5.05. The molecule has 2 nitrogen and oxygen atoms in total. The molecule has 2 heteroatoms. The van der Waals surface area contributed by atoms with Gasteiger partial charge in [0.05, 0.1) is 0 Å². The summed E-state index contributed by atoms with van der Waals surface area (Å²) in [5, 5.41) is 0. The number of hydrogen-bond donors (Lipinski definition) is 2. The molecule has 1 aliphatic rings. The summed E-state index contributed by atoms with van der Waals surface area (Å²) in [5.41, 5.74) is 4.75. The fourth-order valence-corrected chi connectivity index (χ4v) is 2.83. The molecule has 1 aliphatic carbocycles. The number of rotatable bonds is 3. The zero-order valence-corrected chi connectivity index (χ0v) is 10.6. The minimum Gasteiger partial charge on any atom is -0.271 e. The minimum atomic E-state index is 0.338. The highest BCUT2D eigenvalue weighted by atomic mass is 15.2. The van der Waals surface area contributed by atoms with E-state index >= 15 is 0 Å². The van der Waals surface area contributed by atoms with Crippen molar-refractivity contribution < 1.29 is 0 Å². The van der Waals surface area contributed by atoms with Gasteiger partial charge in [-0.25, -0.2) is 0 Å². The SMILES string of the molecule is CC(C)=CC(NN)C1CCCCC1(C)C. The van der Waals surface area contributed by atoms with Crippen LogP contribution in [0.2, 0.25) is 0 Å². The van der Waals surface area contributed by atoms with Crippen LogP contribution in [0.15, 0.2) is 11.6 Å². The molecule has 0 bridgehead atoms. The first-order valence-corrected chi connectivity index (χ1v) is 6.08. The summed E-state index contributed by atoms with van der Waals surface area (Å²) >= 11 is 0. The number of hydrogen-bond acceptors (Lipinski definition) is 2. The first kappa shape index (κ1) is 12.7. The standard InChI is InChI=1S/C13H26N2/c1-10(2)9-12(15-14)11-7-5-6-8-13(11,3)4/h9,11-12,15H,5-8,14H2,1-4H3. The van der Waals surface area contributed by atoms with E-state index in [4.69, 9.17) is 5.84 Å². The van der Waals surface area contributed by atoms with Crippen LogP contribution in [0.5, 0.6) is 0 Å². The maximum absolute atomic E-state index is 5.68. The Balaban J connectivity index is 2.77. The number of hydrazine groups is 1. The van der Waals surface area contributed by atoms with E-state index in [1.54, 1.807) is 0 Å². The molecule has 0 aromatic rings. The van der Waals surface area contributed by atoms with E-state index < -0.39 is 0 Å². The van der Waals surface area contributed by atoms with Crippen LogP contribution in [0.25, 0.3) is 0 Å². The fraction of sp³-hybridized carbons (Fsp3) is 0.846. The summed E-state index contributed by atoms with van der Waals surface area (Å²) in [5.74, 6) is 6.35. The highest BCUT2D eigenvalue weighted by Crippen LogP contribution is 2.42. The van der Waals surface area contributed by atoms with Crippen LogP contribution in [0, 0.1) is 11.3 Å². The Morgan fingerprint density at radius 3 is 2.53 bits per heavy atom. The summed E-state index contributed by atoms with van der Waals surface area (Å²) in [6.45, 7) is 9.03. The van der Waals surface area contributed by atoms with Gasteiger partial charge in [-0.15, -0.1) is 0 Å². The van der Waals surface area contributed by atoms with Gasteiger partial charge in [0.25, 0.3) is 0 Å². The molecular formula is C13H26N2. The van der Waals surface area contributed by atoms with Crippen molar-refractivity contribution in [2.24, 2.45) is 17.2 Å². The quantitative estimate of drug-likeness (QED) is 0.427. The maximum atomic E-state index is 5.68. The third-order valence-corrected chi connectivity index (χ3v) is 3.73. The third kappa shape index (κ3) is 3.32. The Kier molecular flexibility index (Phi) is 4.35. The zero-order chi connectivity index (χ0) is 11.5. The van der Waals surface area contributed by atoms with Crippen LogP contribution in [0.3, 0.4) is 0 Å². The minimum absolute atomic E-state index is 0.338. The van der Waals surface area contributed by atoms with Crippen molar-refractivity contribution in [3.05, 3.63) is 11.6 Å². The number of allylic oxidation sites excluding steroid dienone is 1. The second-order valence-electron chi connectivity index (χ2n) is 5.78. The van der Waals surface area contributed by atoms with E-state index in [-0.39, 0.29) is 0 Å². The van der Waals surface area contributed by atoms with Gasteiger partial charge >= 0.3 is 0 Å². The van der Waals surface area contributed by atoms with E-state index in [9.17, 15) is 0 Å². The molecule has 3 N–H and O–H groups in total. The van der Waals surface area contributed by atoms with Crippen molar-refractivity contribution in [3.8, 4) is 0 Å². The van der Waals surface area contributed by atoms with Gasteiger partial charge in [-0.2, -0.15) is 0 Å². The molecule has 0 aromatic heterocycles. The molecule has 2 atom stereocenters. The average Bonchev–Trinajstić information content (AvgIpc) is 2.14. The molecule has 0 radical (unpaired) electrons. The summed E-state index contributed by atoms with van der Waals surface area (Å²) in [6.07, 6.45) is 7.62. The van der Waals surface area contributed by atoms with Crippen molar-refractivity contribution in [1.82, 2.24) is 5.43 Å². The van der Waals surface area contributed by atoms with E-state index in [2.05, 4.69) is 39.2 Å². The van der Waals surface area contributed by atoms with Crippen LogP contribution in [0.4, 0.5) is 0 Å². The summed E-state index contributed by atoms with van der Waals surface area (Å²) in [7, 11) is 0. The lowest BCUT2D eigenvalue weighted by Gasteiger charge is -2.42. The molecule has 1 fully saturated rings. The van der Waals surface area contributed by atoms with E-state index in [1.807, 2.05) is 0 Å². The molecule has 2 unspecified atom stereocenters. The van der Waals surface area contributed by atoms with E-state index in [0.717, 1.165) is 0 Å². The number of nitrogens with one attached hydrogen (secondary N) is 1. The second kappa shape index (κ2) is 5.13. The monoisotopic (exact) mass is 210 g/mol. The zero-order valence-electron chi connectivity index (χ0n) is 10.6. The van der Waals surface area contributed by atoms with Crippen LogP contribution in [0.1, 0.15) is 53.4 Å². The number of nitrogens with two attached hydrogens (primary N) is 1. The topological polar surface area (TPSA) is 38.0 Å². The second-order valence-corrected chi connectivity index (χ2v) is 5.78. The molecule has 15 heavy (non-hydrogen) atoms. The normalized spacial score (nSPS) is 27.1.